The molecule has 1 aromatic rings. The van der Waals surface area contributed by atoms with Crippen molar-refractivity contribution >= 4 is 15.7 Å². The van der Waals surface area contributed by atoms with Crippen LogP contribution in [0.2, 0.25) is 0 Å². The first-order valence-electron chi connectivity index (χ1n) is 6.60. The number of hydrogen-bond acceptors (Lipinski definition) is 4. The van der Waals surface area contributed by atoms with Crippen molar-refractivity contribution < 1.29 is 17.9 Å². The van der Waals surface area contributed by atoms with E-state index in [0.717, 1.165) is 25.3 Å². The molecule has 1 aliphatic carbocycles. The van der Waals surface area contributed by atoms with Gasteiger partial charge in [-0.15, -0.1) is 0 Å². The molecule has 4 N–H and O–H groups in total. The molecule has 0 saturated heterocycles. The molecular formula is C13H19FN2O3S. The Balaban J connectivity index is 2.15. The van der Waals surface area contributed by atoms with Gasteiger partial charge in [-0.3, -0.25) is 0 Å². The van der Waals surface area contributed by atoms with Gasteiger partial charge in [0, 0.05) is 6.54 Å². The van der Waals surface area contributed by atoms with Crippen LogP contribution in [0.5, 0.6) is 0 Å². The highest BCUT2D eigenvalue weighted by atomic mass is 32.2. The van der Waals surface area contributed by atoms with E-state index in [1.54, 1.807) is 0 Å². The van der Waals surface area contributed by atoms with Gasteiger partial charge in [-0.2, -0.15) is 0 Å². The Morgan fingerprint density at radius 1 is 1.30 bits per heavy atom. The summed E-state index contributed by atoms with van der Waals surface area (Å²) in [5.41, 5.74) is 4.33. The Labute approximate surface area is 118 Å². The first-order valence-corrected chi connectivity index (χ1v) is 8.08. The Bertz CT molecular complexity index is 563. The standard InChI is InChI=1S/C13H19FN2O3S/c14-10-5-4-6-11(15)12(10)20(18,19)16-9-13(17)7-2-1-3-8-13/h4-6,16-17H,1-3,7-9,15H2. The summed E-state index contributed by atoms with van der Waals surface area (Å²) in [6, 6.07) is 3.71. The molecule has 5 nitrogen and oxygen atoms in total. The number of halogens is 1. The van der Waals surface area contributed by atoms with Crippen LogP contribution in [-0.4, -0.2) is 25.7 Å². The summed E-state index contributed by atoms with van der Waals surface area (Å²) in [5, 5.41) is 10.3. The van der Waals surface area contributed by atoms with E-state index < -0.39 is 26.3 Å². The average molecular weight is 302 g/mol. The molecule has 0 aromatic heterocycles. The van der Waals surface area contributed by atoms with Gasteiger partial charge in [-0.1, -0.05) is 25.3 Å². The van der Waals surface area contributed by atoms with E-state index in [9.17, 15) is 17.9 Å². The first kappa shape index (κ1) is 15.2. The van der Waals surface area contributed by atoms with E-state index in [1.807, 2.05) is 0 Å². The molecule has 1 aromatic carbocycles. The molecule has 1 fully saturated rings. The van der Waals surface area contributed by atoms with Gasteiger partial charge in [0.1, 0.15) is 10.7 Å². The summed E-state index contributed by atoms with van der Waals surface area (Å²) < 4.78 is 40.1. The SMILES string of the molecule is Nc1cccc(F)c1S(=O)(=O)NCC1(O)CCCCC1. The van der Waals surface area contributed by atoms with E-state index in [-0.39, 0.29) is 12.2 Å². The van der Waals surface area contributed by atoms with Crippen molar-refractivity contribution in [3.63, 3.8) is 0 Å². The molecule has 0 spiro atoms. The molecule has 7 heteroatoms. The van der Waals surface area contributed by atoms with Gasteiger partial charge in [-0.05, 0) is 25.0 Å². The van der Waals surface area contributed by atoms with Gasteiger partial charge in [-0.25, -0.2) is 17.5 Å². The summed E-state index contributed by atoms with van der Waals surface area (Å²) in [6.45, 7) is -0.122. The van der Waals surface area contributed by atoms with Crippen LogP contribution >= 0.6 is 0 Å². The monoisotopic (exact) mass is 302 g/mol. The summed E-state index contributed by atoms with van der Waals surface area (Å²) in [7, 11) is -4.07. The molecule has 0 atom stereocenters. The molecule has 2 rings (SSSR count). The Morgan fingerprint density at radius 2 is 1.95 bits per heavy atom. The molecule has 0 aliphatic heterocycles. The van der Waals surface area contributed by atoms with Crippen LogP contribution in [0.4, 0.5) is 10.1 Å². The Kier molecular flexibility index (Phi) is 4.31. The number of anilines is 1. The number of nitrogens with two attached hydrogens (primary N) is 1. The fraction of sp³-hybridized carbons (Fsp3) is 0.538. The van der Waals surface area contributed by atoms with Crippen LogP contribution in [0.1, 0.15) is 32.1 Å². The highest BCUT2D eigenvalue weighted by molar-refractivity contribution is 7.89. The third kappa shape index (κ3) is 3.28. The molecule has 1 saturated carbocycles. The fourth-order valence-corrected chi connectivity index (χ4v) is 3.80. The zero-order chi connectivity index (χ0) is 14.8. The molecule has 0 unspecified atom stereocenters. The van der Waals surface area contributed by atoms with Crippen LogP contribution in [0.15, 0.2) is 23.1 Å². The number of nitrogen functional groups attached to an aromatic ring is 1. The predicted octanol–water partition coefficient (Wildman–Crippen LogP) is 1.38. The number of nitrogens with one attached hydrogen (secondary N) is 1. The molecule has 112 valence electrons. The summed E-state index contributed by atoms with van der Waals surface area (Å²) in [5.74, 6) is -0.895. The van der Waals surface area contributed by atoms with Crippen LogP contribution < -0.4 is 10.5 Å². The molecule has 0 amide bonds. The minimum absolute atomic E-state index is 0.122. The maximum absolute atomic E-state index is 13.6. The van der Waals surface area contributed by atoms with E-state index >= 15 is 0 Å². The summed E-state index contributed by atoms with van der Waals surface area (Å²) in [6.07, 6.45) is 3.85. The third-order valence-corrected chi connectivity index (χ3v) is 5.13. The topological polar surface area (TPSA) is 92.4 Å². The maximum atomic E-state index is 13.6. The molecule has 0 radical (unpaired) electrons. The number of rotatable bonds is 4. The molecule has 0 bridgehead atoms. The molecule has 0 heterocycles. The van der Waals surface area contributed by atoms with Gasteiger partial charge in [0.15, 0.2) is 0 Å². The van der Waals surface area contributed by atoms with Crippen LogP contribution in [0, 0.1) is 5.82 Å². The zero-order valence-corrected chi connectivity index (χ0v) is 11.9. The lowest BCUT2D eigenvalue weighted by Crippen LogP contribution is -2.44. The van der Waals surface area contributed by atoms with Gasteiger partial charge in [0.05, 0.1) is 11.3 Å². The number of benzene rings is 1. The van der Waals surface area contributed by atoms with Gasteiger partial charge < -0.3 is 10.8 Å². The van der Waals surface area contributed by atoms with Crippen molar-refractivity contribution in [2.24, 2.45) is 0 Å². The van der Waals surface area contributed by atoms with Crippen molar-refractivity contribution in [3.05, 3.63) is 24.0 Å². The molecule has 20 heavy (non-hydrogen) atoms. The number of aliphatic hydroxyl groups is 1. The lowest BCUT2D eigenvalue weighted by molar-refractivity contribution is 0.00944. The quantitative estimate of drug-likeness (QED) is 0.733. The van der Waals surface area contributed by atoms with Crippen LogP contribution in [-0.2, 0) is 10.0 Å². The summed E-state index contributed by atoms with van der Waals surface area (Å²) >= 11 is 0. The van der Waals surface area contributed by atoms with Crippen molar-refractivity contribution in [2.45, 2.75) is 42.6 Å². The van der Waals surface area contributed by atoms with E-state index in [1.165, 1.54) is 12.1 Å². The van der Waals surface area contributed by atoms with Crippen LogP contribution in [0.3, 0.4) is 0 Å². The van der Waals surface area contributed by atoms with Crippen LogP contribution in [0.25, 0.3) is 0 Å². The normalized spacial score (nSPS) is 18.9. The maximum Gasteiger partial charge on any atom is 0.245 e. The number of hydrogen-bond donors (Lipinski definition) is 3. The third-order valence-electron chi connectivity index (χ3n) is 3.64. The Morgan fingerprint density at radius 3 is 2.55 bits per heavy atom. The lowest BCUT2D eigenvalue weighted by Gasteiger charge is -2.32. The van der Waals surface area contributed by atoms with Crippen molar-refractivity contribution in [2.75, 3.05) is 12.3 Å². The largest absolute Gasteiger partial charge is 0.398 e. The number of sulfonamides is 1. The minimum atomic E-state index is -4.07. The van der Waals surface area contributed by atoms with E-state index in [2.05, 4.69) is 4.72 Å². The lowest BCUT2D eigenvalue weighted by atomic mass is 9.85. The van der Waals surface area contributed by atoms with Gasteiger partial charge in [0.2, 0.25) is 10.0 Å². The van der Waals surface area contributed by atoms with Crippen molar-refractivity contribution in [3.8, 4) is 0 Å². The van der Waals surface area contributed by atoms with Gasteiger partial charge >= 0.3 is 0 Å². The zero-order valence-electron chi connectivity index (χ0n) is 11.1. The molecular weight excluding hydrogens is 283 g/mol. The minimum Gasteiger partial charge on any atom is -0.398 e. The van der Waals surface area contributed by atoms with Crippen molar-refractivity contribution in [1.82, 2.24) is 4.72 Å². The second-order valence-corrected chi connectivity index (χ2v) is 6.97. The fourth-order valence-electron chi connectivity index (χ4n) is 2.50. The molecule has 1 aliphatic rings. The highest BCUT2D eigenvalue weighted by Gasteiger charge is 2.32. The van der Waals surface area contributed by atoms with Crippen molar-refractivity contribution in [1.29, 1.82) is 0 Å². The summed E-state index contributed by atoms with van der Waals surface area (Å²) in [4.78, 5) is -0.556. The smallest absolute Gasteiger partial charge is 0.245 e. The van der Waals surface area contributed by atoms with E-state index in [0.29, 0.717) is 12.8 Å². The van der Waals surface area contributed by atoms with E-state index in [4.69, 9.17) is 5.73 Å². The average Bonchev–Trinajstić information content (AvgIpc) is 2.37. The second kappa shape index (κ2) is 5.67. The first-order chi connectivity index (χ1) is 9.34. The van der Waals surface area contributed by atoms with Gasteiger partial charge in [0.25, 0.3) is 0 Å². The Hall–Kier alpha value is -1.18. The highest BCUT2D eigenvalue weighted by Crippen LogP contribution is 2.28. The predicted molar refractivity (Wildman–Crippen MR) is 74.0 cm³/mol. The second-order valence-electron chi connectivity index (χ2n) is 5.27.